The summed E-state index contributed by atoms with van der Waals surface area (Å²) in [7, 11) is 1.40. The number of fused-ring (bicyclic) bond motifs is 2. The monoisotopic (exact) mass is 1060 g/mol. The van der Waals surface area contributed by atoms with Gasteiger partial charge in [-0.2, -0.15) is 0 Å². The third-order valence-electron chi connectivity index (χ3n) is 14.3. The van der Waals surface area contributed by atoms with Crippen molar-refractivity contribution in [1.82, 2.24) is 36.4 Å². The molecule has 13 atom stereocenters. The van der Waals surface area contributed by atoms with Gasteiger partial charge in [0.2, 0.25) is 47.3 Å². The molecule has 2 aliphatic heterocycles. The summed E-state index contributed by atoms with van der Waals surface area (Å²) in [4.78, 5) is 131. The topological polar surface area (TPSA) is 336 Å². The van der Waals surface area contributed by atoms with Crippen LogP contribution in [0, 0.1) is 17.8 Å². The van der Waals surface area contributed by atoms with Crippen LogP contribution in [0.4, 0.5) is 0 Å². The number of carbonyl (C=O) groups excluding carboxylic acids is 9. The quantitative estimate of drug-likeness (QED) is 0.0744. The van der Waals surface area contributed by atoms with Gasteiger partial charge in [0.1, 0.15) is 66.5 Å². The maximum absolute atomic E-state index is 14.9. The van der Waals surface area contributed by atoms with E-state index in [2.05, 4.69) is 26.6 Å². The lowest BCUT2D eigenvalue weighted by atomic mass is 9.88. The van der Waals surface area contributed by atoms with Crippen LogP contribution in [0.15, 0.2) is 66.7 Å². The number of rotatable bonds is 17. The van der Waals surface area contributed by atoms with E-state index in [9.17, 15) is 63.6 Å². The molecular weight excluding hydrogens is 985 g/mol. The average molecular weight is 1060 g/mol. The van der Waals surface area contributed by atoms with Crippen molar-refractivity contribution in [3.05, 3.63) is 77.9 Å². The van der Waals surface area contributed by atoms with Crippen molar-refractivity contribution in [1.29, 1.82) is 0 Å². The third-order valence-corrected chi connectivity index (χ3v) is 14.3. The number of aromatic hydroxyl groups is 1. The van der Waals surface area contributed by atoms with E-state index in [1.165, 1.54) is 43.1 Å². The Morgan fingerprint density at radius 2 is 1.50 bits per heavy atom. The van der Waals surface area contributed by atoms with Crippen LogP contribution in [-0.4, -0.2) is 157 Å². The molecule has 0 unspecified atom stereocenters. The first-order chi connectivity index (χ1) is 36.0. The zero-order valence-corrected chi connectivity index (χ0v) is 44.1. The van der Waals surface area contributed by atoms with Gasteiger partial charge < -0.3 is 67.3 Å². The number of ether oxygens (including phenoxy) is 1. The van der Waals surface area contributed by atoms with Gasteiger partial charge in [-0.25, -0.2) is 4.79 Å². The number of cyclic esters (lactones) is 1. The number of amides is 8. The van der Waals surface area contributed by atoms with Crippen LogP contribution in [0.5, 0.6) is 5.75 Å². The number of aliphatic hydroxyl groups excluding tert-OH is 3. The van der Waals surface area contributed by atoms with Gasteiger partial charge in [0.25, 0.3) is 0 Å². The Hall–Kier alpha value is -6.91. The minimum absolute atomic E-state index is 0.0468. The molecule has 0 spiro atoms. The Bertz CT molecular complexity index is 2400. The van der Waals surface area contributed by atoms with Crippen molar-refractivity contribution in [2.75, 3.05) is 7.05 Å². The standard InChI is InChI=1S/C54H76N8O14/c1-7-30(4)45-54(75)76-31(5)46(60-47(68)37(21-23-43(55)66)56-50(71)42(65)28-34-15-19-36(64)20-16-34)51(72)58-39(26-33-13-17-35(63)18-14-33)48(69)57-38-22-24-44(67)62(52(38)73)41(25-29(2)3)53(74)61(6)40(49(70)59-45)27-32-11-9-8-10-12-32/h8-13,15-17,19-20,29-31,33,35,37-42,44-46,63-65,67H,7,14,18,21-28H2,1-6H3,(H2,55,66)(H,56,71)(H,57,69)(H,58,72)(H,59,70)(H,60,68)/t30-,31+,33-,35-,37-,38-,39-,40-,41-,42+,44+,45-,46-/m0/s1. The van der Waals surface area contributed by atoms with Gasteiger partial charge in [0, 0.05) is 26.3 Å². The van der Waals surface area contributed by atoms with Gasteiger partial charge in [-0.3, -0.25) is 38.4 Å². The van der Waals surface area contributed by atoms with E-state index in [1.807, 2.05) is 13.8 Å². The van der Waals surface area contributed by atoms with Crippen LogP contribution in [0.2, 0.25) is 0 Å². The molecule has 3 aliphatic rings. The lowest BCUT2D eigenvalue weighted by molar-refractivity contribution is -0.166. The smallest absolute Gasteiger partial charge is 0.329 e. The number of aliphatic hydroxyl groups is 3. The molecular formula is C54H76N8O14. The average Bonchev–Trinajstić information content (AvgIpc) is 3.38. The molecule has 5 rings (SSSR count). The number of piperidine rings is 1. The molecule has 0 saturated carbocycles. The molecule has 1 aliphatic carbocycles. The van der Waals surface area contributed by atoms with E-state index in [-0.39, 0.29) is 50.2 Å². The number of hydrogen-bond acceptors (Lipinski definition) is 14. The minimum atomic E-state index is -1.88. The normalized spacial score (nSPS) is 27.3. The summed E-state index contributed by atoms with van der Waals surface area (Å²) in [6, 6.07) is 4.07. The van der Waals surface area contributed by atoms with Gasteiger partial charge in [0.05, 0.1) is 6.10 Å². The largest absolute Gasteiger partial charge is 0.508 e. The third kappa shape index (κ3) is 16.5. The van der Waals surface area contributed by atoms with Crippen LogP contribution in [0.1, 0.15) is 104 Å². The van der Waals surface area contributed by atoms with E-state index in [1.54, 1.807) is 56.3 Å². The lowest BCUT2D eigenvalue weighted by Gasteiger charge is -2.43. The van der Waals surface area contributed by atoms with Crippen LogP contribution >= 0.6 is 0 Å². The summed E-state index contributed by atoms with van der Waals surface area (Å²) in [5.74, 6) is -9.56. The number of esters is 1. The van der Waals surface area contributed by atoms with Gasteiger partial charge in [-0.1, -0.05) is 88.7 Å². The lowest BCUT2D eigenvalue weighted by Crippen LogP contribution is -2.65. The Labute approximate surface area is 442 Å². The highest BCUT2D eigenvalue weighted by atomic mass is 16.5. The number of likely N-dealkylation sites (N-methyl/N-ethyl adjacent to an activating group) is 1. The van der Waals surface area contributed by atoms with Crippen molar-refractivity contribution in [2.45, 2.75) is 172 Å². The Morgan fingerprint density at radius 1 is 0.816 bits per heavy atom. The Morgan fingerprint density at radius 3 is 2.12 bits per heavy atom. The van der Waals surface area contributed by atoms with Crippen molar-refractivity contribution in [3.8, 4) is 5.75 Å². The summed E-state index contributed by atoms with van der Waals surface area (Å²) >= 11 is 0. The number of nitrogens with one attached hydrogen (secondary N) is 5. The minimum Gasteiger partial charge on any atom is -0.508 e. The number of hydrogen-bond donors (Lipinski definition) is 10. The van der Waals surface area contributed by atoms with Crippen LogP contribution in [0.25, 0.3) is 0 Å². The SMILES string of the molecule is CC[C@H](C)[C@@H]1NC(=O)[C@H](Cc2ccccc2)N(C)C(=O)[C@H](CC(C)C)N2C(=O)[C@H](CC[C@H]2O)NC(=O)[C@H](C[C@H]2C=C[C@H](O)CC2)NC(=O)[C@@H](NC(=O)[C@H](CCC(N)=O)NC(=O)[C@H](O)Cc2ccc(O)cc2)[C@@H](C)OC1=O. The van der Waals surface area contributed by atoms with E-state index in [4.69, 9.17) is 10.5 Å². The number of phenolic OH excluding ortho intramolecular Hbond substituents is 1. The Kier molecular flexibility index (Phi) is 21.9. The summed E-state index contributed by atoms with van der Waals surface area (Å²) in [6.45, 7) is 8.35. The molecule has 8 amide bonds. The number of nitrogens with two attached hydrogens (primary N) is 1. The van der Waals surface area contributed by atoms with Crippen LogP contribution < -0.4 is 32.3 Å². The maximum Gasteiger partial charge on any atom is 0.329 e. The fraction of sp³-hybridized carbons (Fsp3) is 0.574. The molecule has 2 fully saturated rings. The second-order valence-corrected chi connectivity index (χ2v) is 20.7. The highest BCUT2D eigenvalue weighted by Crippen LogP contribution is 2.28. The first-order valence-electron chi connectivity index (χ1n) is 26.1. The number of carbonyl (C=O) groups is 9. The predicted octanol–water partition coefficient (Wildman–Crippen LogP) is 0.119. The number of allylic oxidation sites excluding steroid dienone is 1. The molecule has 416 valence electrons. The van der Waals surface area contributed by atoms with Crippen molar-refractivity contribution in [3.63, 3.8) is 0 Å². The molecule has 11 N–H and O–H groups in total. The highest BCUT2D eigenvalue weighted by molar-refractivity contribution is 5.98. The van der Waals surface area contributed by atoms with Crippen LogP contribution in [-0.2, 0) is 60.7 Å². The first-order valence-corrected chi connectivity index (χ1v) is 26.1. The first kappa shape index (κ1) is 60.0. The summed E-state index contributed by atoms with van der Waals surface area (Å²) in [6.07, 6.45) is -2.68. The maximum atomic E-state index is 14.9. The van der Waals surface area contributed by atoms with Gasteiger partial charge >= 0.3 is 5.97 Å². The van der Waals surface area contributed by atoms with E-state index < -0.39 is 145 Å². The van der Waals surface area contributed by atoms with E-state index in [0.717, 1.165) is 4.90 Å². The van der Waals surface area contributed by atoms with Crippen molar-refractivity contribution in [2.24, 2.45) is 23.5 Å². The summed E-state index contributed by atoms with van der Waals surface area (Å²) < 4.78 is 5.98. The molecule has 0 aromatic heterocycles. The fourth-order valence-corrected chi connectivity index (χ4v) is 9.60. The van der Waals surface area contributed by atoms with Gasteiger partial charge in [0.15, 0.2) is 0 Å². The molecule has 2 aromatic carbocycles. The second-order valence-electron chi connectivity index (χ2n) is 20.7. The molecule has 76 heavy (non-hydrogen) atoms. The summed E-state index contributed by atoms with van der Waals surface area (Å²) in [5.41, 5.74) is 6.54. The predicted molar refractivity (Wildman–Crippen MR) is 275 cm³/mol. The molecule has 2 bridgehead atoms. The number of nitrogens with zero attached hydrogens (tertiary/aromatic N) is 2. The van der Waals surface area contributed by atoms with E-state index in [0.29, 0.717) is 30.4 Å². The number of primary amides is 1. The van der Waals surface area contributed by atoms with Gasteiger partial charge in [-0.15, -0.1) is 0 Å². The molecule has 22 heteroatoms. The van der Waals surface area contributed by atoms with Crippen molar-refractivity contribution >= 4 is 53.2 Å². The molecule has 0 radical (unpaired) electrons. The molecule has 2 saturated heterocycles. The summed E-state index contributed by atoms with van der Waals surface area (Å²) in [5, 5.41) is 55.5. The zero-order valence-electron chi connectivity index (χ0n) is 44.1. The number of benzene rings is 2. The number of phenols is 1. The Balaban J connectivity index is 1.60. The molecule has 2 aromatic rings. The second kappa shape index (κ2) is 27.8. The molecule has 22 nitrogen and oxygen atoms in total. The van der Waals surface area contributed by atoms with Crippen molar-refractivity contribution < 1.29 is 68.3 Å². The highest BCUT2D eigenvalue weighted by Gasteiger charge is 2.46. The zero-order chi connectivity index (χ0) is 56.0. The van der Waals surface area contributed by atoms with Crippen LogP contribution in [0.3, 0.4) is 0 Å². The molecule has 2 heterocycles. The van der Waals surface area contributed by atoms with E-state index >= 15 is 0 Å². The fourth-order valence-electron chi connectivity index (χ4n) is 9.60. The van der Waals surface area contributed by atoms with Gasteiger partial charge in [-0.05, 0) is 92.9 Å².